The molecule has 1 heterocycles. The molecule has 2 atom stereocenters. The van der Waals surface area contributed by atoms with Gasteiger partial charge in [0.15, 0.2) is 0 Å². The van der Waals surface area contributed by atoms with Crippen LogP contribution in [0.4, 0.5) is 5.69 Å². The minimum absolute atomic E-state index is 0.396. The van der Waals surface area contributed by atoms with Crippen molar-refractivity contribution in [1.29, 1.82) is 0 Å². The number of nitrogen functional groups attached to an aromatic ring is 1. The zero-order valence-electron chi connectivity index (χ0n) is 11.4. The van der Waals surface area contributed by atoms with Gasteiger partial charge in [0, 0.05) is 24.9 Å². The molecule has 1 aliphatic heterocycles. The van der Waals surface area contributed by atoms with Crippen LogP contribution in [0, 0.1) is 0 Å². The first-order valence-corrected chi connectivity index (χ1v) is 6.91. The van der Waals surface area contributed by atoms with Gasteiger partial charge in [-0.1, -0.05) is 12.1 Å². The molecule has 2 N–H and O–H groups in total. The smallest absolute Gasteiger partial charge is 0.0702 e. The second-order valence-electron chi connectivity index (χ2n) is 5.06. The number of hydrogen-bond acceptors (Lipinski definition) is 3. The molecule has 3 heteroatoms. The van der Waals surface area contributed by atoms with E-state index in [1.54, 1.807) is 0 Å². The highest BCUT2D eigenvalue weighted by molar-refractivity contribution is 5.41. The van der Waals surface area contributed by atoms with E-state index in [-0.39, 0.29) is 0 Å². The molecule has 0 aliphatic carbocycles. The normalized spacial score (nSPS) is 22.9. The van der Waals surface area contributed by atoms with Crippen LogP contribution in [-0.4, -0.2) is 30.7 Å². The number of ether oxygens (including phenoxy) is 1. The van der Waals surface area contributed by atoms with Crippen molar-refractivity contribution in [2.24, 2.45) is 0 Å². The molecular weight excluding hydrogens is 224 g/mol. The quantitative estimate of drug-likeness (QED) is 0.833. The molecule has 2 rings (SSSR count). The Bertz CT molecular complexity index is 379. The van der Waals surface area contributed by atoms with E-state index in [1.165, 1.54) is 18.4 Å². The molecule has 100 valence electrons. The van der Waals surface area contributed by atoms with Crippen LogP contribution < -0.4 is 5.73 Å². The molecule has 0 aromatic heterocycles. The maximum Gasteiger partial charge on any atom is 0.0702 e. The van der Waals surface area contributed by atoms with Crippen LogP contribution in [0.25, 0.3) is 0 Å². The SMILES string of the molecule is CCOC1CCCN(C(C)c2cccc(N)c2)C1. The lowest BCUT2D eigenvalue weighted by atomic mass is 10.0. The Morgan fingerprint density at radius 2 is 2.33 bits per heavy atom. The van der Waals surface area contributed by atoms with Gasteiger partial charge in [-0.15, -0.1) is 0 Å². The summed E-state index contributed by atoms with van der Waals surface area (Å²) >= 11 is 0. The van der Waals surface area contributed by atoms with Crippen LogP contribution in [0.1, 0.15) is 38.3 Å². The van der Waals surface area contributed by atoms with Crippen LogP contribution in [0.5, 0.6) is 0 Å². The Labute approximate surface area is 110 Å². The standard InChI is InChI=1S/C15H24N2O/c1-3-18-15-8-5-9-17(11-15)12(2)13-6-4-7-14(16)10-13/h4,6-7,10,12,15H,3,5,8-9,11,16H2,1-2H3. The Kier molecular flexibility index (Phi) is 4.61. The first-order valence-electron chi connectivity index (χ1n) is 6.91. The molecule has 0 spiro atoms. The van der Waals surface area contributed by atoms with Gasteiger partial charge in [-0.05, 0) is 50.9 Å². The lowest BCUT2D eigenvalue weighted by Crippen LogP contribution is -2.41. The summed E-state index contributed by atoms with van der Waals surface area (Å²) in [6, 6.07) is 8.62. The number of anilines is 1. The summed E-state index contributed by atoms with van der Waals surface area (Å²) in [5.74, 6) is 0. The van der Waals surface area contributed by atoms with Gasteiger partial charge in [0.2, 0.25) is 0 Å². The number of likely N-dealkylation sites (tertiary alicyclic amines) is 1. The molecule has 1 fully saturated rings. The minimum atomic E-state index is 0.396. The fourth-order valence-electron chi connectivity index (χ4n) is 2.72. The fourth-order valence-corrected chi connectivity index (χ4v) is 2.72. The van der Waals surface area contributed by atoms with Gasteiger partial charge in [-0.3, -0.25) is 4.90 Å². The molecule has 18 heavy (non-hydrogen) atoms. The average Bonchev–Trinajstić information content (AvgIpc) is 2.39. The number of benzene rings is 1. The second kappa shape index (κ2) is 6.21. The largest absolute Gasteiger partial charge is 0.399 e. The number of piperidine rings is 1. The lowest BCUT2D eigenvalue weighted by Gasteiger charge is -2.36. The maximum absolute atomic E-state index is 5.86. The van der Waals surface area contributed by atoms with Crippen molar-refractivity contribution in [2.75, 3.05) is 25.4 Å². The first kappa shape index (κ1) is 13.4. The van der Waals surface area contributed by atoms with Crippen molar-refractivity contribution in [3.63, 3.8) is 0 Å². The highest BCUT2D eigenvalue weighted by Crippen LogP contribution is 2.26. The van der Waals surface area contributed by atoms with Crippen LogP contribution >= 0.6 is 0 Å². The van der Waals surface area contributed by atoms with E-state index in [9.17, 15) is 0 Å². The van der Waals surface area contributed by atoms with E-state index in [2.05, 4.69) is 30.9 Å². The van der Waals surface area contributed by atoms with Crippen LogP contribution in [0.3, 0.4) is 0 Å². The summed E-state index contributed by atoms with van der Waals surface area (Å²) in [4.78, 5) is 2.50. The summed E-state index contributed by atoms with van der Waals surface area (Å²) in [5, 5.41) is 0. The molecule has 0 radical (unpaired) electrons. The van der Waals surface area contributed by atoms with Crippen LogP contribution in [0.2, 0.25) is 0 Å². The zero-order valence-corrected chi connectivity index (χ0v) is 11.4. The third kappa shape index (κ3) is 3.24. The van der Waals surface area contributed by atoms with E-state index < -0.39 is 0 Å². The Morgan fingerprint density at radius 3 is 3.06 bits per heavy atom. The highest BCUT2D eigenvalue weighted by Gasteiger charge is 2.24. The second-order valence-corrected chi connectivity index (χ2v) is 5.06. The molecular formula is C15H24N2O. The number of nitrogens with two attached hydrogens (primary N) is 1. The molecule has 0 amide bonds. The lowest BCUT2D eigenvalue weighted by molar-refractivity contribution is -0.00536. The molecule has 0 saturated carbocycles. The van der Waals surface area contributed by atoms with Gasteiger partial charge in [-0.25, -0.2) is 0 Å². The van der Waals surface area contributed by atoms with Gasteiger partial charge >= 0.3 is 0 Å². The van der Waals surface area contributed by atoms with Crippen LogP contribution in [-0.2, 0) is 4.74 Å². The van der Waals surface area contributed by atoms with Gasteiger partial charge in [0.25, 0.3) is 0 Å². The van der Waals surface area contributed by atoms with Gasteiger partial charge in [0.1, 0.15) is 0 Å². The van der Waals surface area contributed by atoms with Crippen molar-refractivity contribution >= 4 is 5.69 Å². The predicted molar refractivity (Wildman–Crippen MR) is 75.5 cm³/mol. The minimum Gasteiger partial charge on any atom is -0.399 e. The molecule has 3 nitrogen and oxygen atoms in total. The fraction of sp³-hybridized carbons (Fsp3) is 0.600. The molecule has 1 aromatic carbocycles. The van der Waals surface area contributed by atoms with E-state index in [0.717, 1.165) is 25.4 Å². The highest BCUT2D eigenvalue weighted by atomic mass is 16.5. The number of rotatable bonds is 4. The van der Waals surface area contributed by atoms with Gasteiger partial charge in [0.05, 0.1) is 6.10 Å². The van der Waals surface area contributed by atoms with Crippen molar-refractivity contribution in [2.45, 2.75) is 38.8 Å². The van der Waals surface area contributed by atoms with E-state index in [0.29, 0.717) is 12.1 Å². The summed E-state index contributed by atoms with van der Waals surface area (Å²) in [6.45, 7) is 7.32. The van der Waals surface area contributed by atoms with Crippen molar-refractivity contribution in [1.82, 2.24) is 4.90 Å². The number of hydrogen-bond donors (Lipinski definition) is 1. The van der Waals surface area contributed by atoms with Crippen molar-refractivity contribution in [3.05, 3.63) is 29.8 Å². The Hall–Kier alpha value is -1.06. The van der Waals surface area contributed by atoms with Crippen molar-refractivity contribution in [3.8, 4) is 0 Å². The van der Waals surface area contributed by atoms with Crippen LogP contribution in [0.15, 0.2) is 24.3 Å². The van der Waals surface area contributed by atoms with E-state index in [1.807, 2.05) is 12.1 Å². The summed E-state index contributed by atoms with van der Waals surface area (Å²) < 4.78 is 5.76. The Balaban J connectivity index is 2.02. The molecule has 1 aliphatic rings. The summed E-state index contributed by atoms with van der Waals surface area (Å²) in [7, 11) is 0. The van der Waals surface area contributed by atoms with E-state index >= 15 is 0 Å². The van der Waals surface area contributed by atoms with E-state index in [4.69, 9.17) is 10.5 Å². The summed E-state index contributed by atoms with van der Waals surface area (Å²) in [5.41, 5.74) is 8.00. The first-order chi connectivity index (χ1) is 8.70. The van der Waals surface area contributed by atoms with Gasteiger partial charge < -0.3 is 10.5 Å². The monoisotopic (exact) mass is 248 g/mol. The zero-order chi connectivity index (χ0) is 13.0. The topological polar surface area (TPSA) is 38.5 Å². The third-order valence-electron chi connectivity index (χ3n) is 3.75. The number of nitrogens with zero attached hydrogens (tertiary/aromatic N) is 1. The molecule has 1 aromatic rings. The summed E-state index contributed by atoms with van der Waals surface area (Å²) in [6.07, 6.45) is 2.80. The maximum atomic E-state index is 5.86. The third-order valence-corrected chi connectivity index (χ3v) is 3.75. The van der Waals surface area contributed by atoms with Crippen molar-refractivity contribution < 1.29 is 4.74 Å². The molecule has 2 unspecified atom stereocenters. The average molecular weight is 248 g/mol. The molecule has 0 bridgehead atoms. The van der Waals surface area contributed by atoms with Gasteiger partial charge in [-0.2, -0.15) is 0 Å². The predicted octanol–water partition coefficient (Wildman–Crippen LogP) is 2.83. The Morgan fingerprint density at radius 1 is 1.50 bits per heavy atom. The molecule has 1 saturated heterocycles.